The van der Waals surface area contributed by atoms with Crippen LogP contribution in [0.2, 0.25) is 5.02 Å². The average Bonchev–Trinajstić information content (AvgIpc) is 2.72. The third-order valence-electron chi connectivity index (χ3n) is 4.62. The number of Topliss-reactive ketones (excluding diaryl/α,β-unsaturated/α-hetero) is 1. The number of ether oxygens (including phenoxy) is 2. The van der Waals surface area contributed by atoms with Crippen molar-refractivity contribution < 1.29 is 23.5 Å². The highest BCUT2D eigenvalue weighted by atomic mass is 35.5. The third-order valence-corrected chi connectivity index (χ3v) is 4.92. The van der Waals surface area contributed by atoms with Gasteiger partial charge in [-0.25, -0.2) is 4.79 Å². The van der Waals surface area contributed by atoms with Crippen molar-refractivity contribution in [2.24, 2.45) is 0 Å². The Labute approximate surface area is 172 Å². The van der Waals surface area contributed by atoms with Crippen molar-refractivity contribution in [2.45, 2.75) is 26.4 Å². The number of fused-ring (bicyclic) bond motifs is 1. The molecule has 0 unspecified atom stereocenters. The zero-order chi connectivity index (χ0) is 21.1. The largest absolute Gasteiger partial charge is 0.481 e. The van der Waals surface area contributed by atoms with Gasteiger partial charge in [0.2, 0.25) is 5.78 Å². The van der Waals surface area contributed by atoms with Crippen LogP contribution in [0.5, 0.6) is 5.75 Å². The van der Waals surface area contributed by atoms with Crippen LogP contribution in [0, 0.1) is 6.92 Å². The number of ketones is 1. The van der Waals surface area contributed by atoms with Crippen LogP contribution < -0.4 is 10.4 Å². The number of carbonyl (C=O) groups is 2. The number of esters is 1. The summed E-state index contributed by atoms with van der Waals surface area (Å²) >= 11 is 6.35. The smallest absolute Gasteiger partial charge is 0.340 e. The van der Waals surface area contributed by atoms with Crippen molar-refractivity contribution in [3.05, 3.63) is 74.6 Å². The van der Waals surface area contributed by atoms with E-state index < -0.39 is 17.7 Å². The minimum absolute atomic E-state index is 0.195. The number of benzene rings is 2. The molecule has 1 aromatic heterocycles. The quantitative estimate of drug-likeness (QED) is 0.343. The van der Waals surface area contributed by atoms with Crippen molar-refractivity contribution in [3.8, 4) is 5.75 Å². The SMILES string of the molecule is COC(=O)Cc1c(C)c2cc(Cl)c(O[C@@H](C)C(=O)c3ccccc3)cc2oc1=O. The predicted octanol–water partition coefficient (Wildman–Crippen LogP) is 4.12. The second kappa shape index (κ2) is 8.49. The molecule has 0 aliphatic rings. The maximum atomic E-state index is 12.5. The third kappa shape index (κ3) is 4.32. The summed E-state index contributed by atoms with van der Waals surface area (Å²) in [6, 6.07) is 11.8. The Bertz CT molecular complexity index is 1130. The van der Waals surface area contributed by atoms with Crippen LogP contribution in [-0.4, -0.2) is 25.0 Å². The minimum atomic E-state index is -0.793. The van der Waals surface area contributed by atoms with Crippen LogP contribution >= 0.6 is 11.6 Å². The van der Waals surface area contributed by atoms with Crippen LogP contribution in [0.15, 0.2) is 51.7 Å². The lowest BCUT2D eigenvalue weighted by molar-refractivity contribution is -0.139. The Kier molecular flexibility index (Phi) is 6.03. The maximum absolute atomic E-state index is 12.5. The molecule has 0 aliphatic heterocycles. The molecule has 0 radical (unpaired) electrons. The lowest BCUT2D eigenvalue weighted by Crippen LogP contribution is -2.24. The van der Waals surface area contributed by atoms with Crippen LogP contribution in [0.1, 0.15) is 28.4 Å². The molecule has 29 heavy (non-hydrogen) atoms. The standard InChI is InChI=1S/C22H19ClO6/c1-12-15-9-17(23)19(28-13(2)21(25)14-7-5-4-6-8-14)11-18(15)29-22(26)16(12)10-20(24)27-3/h4-9,11,13H,10H2,1-3H3/t13-/m0/s1. The fourth-order valence-corrected chi connectivity index (χ4v) is 3.19. The first-order valence-electron chi connectivity index (χ1n) is 8.90. The van der Waals surface area contributed by atoms with E-state index in [1.165, 1.54) is 13.2 Å². The number of hydrogen-bond acceptors (Lipinski definition) is 6. The molecule has 0 saturated heterocycles. The fourth-order valence-electron chi connectivity index (χ4n) is 2.98. The van der Waals surface area contributed by atoms with Crippen molar-refractivity contribution in [2.75, 3.05) is 7.11 Å². The van der Waals surface area contributed by atoms with E-state index in [-0.39, 0.29) is 34.1 Å². The van der Waals surface area contributed by atoms with Gasteiger partial charge in [0.15, 0.2) is 6.10 Å². The van der Waals surface area contributed by atoms with Gasteiger partial charge >= 0.3 is 11.6 Å². The van der Waals surface area contributed by atoms with Crippen molar-refractivity contribution in [3.63, 3.8) is 0 Å². The molecule has 0 saturated carbocycles. The van der Waals surface area contributed by atoms with Crippen molar-refractivity contribution >= 4 is 34.3 Å². The summed E-state index contributed by atoms with van der Waals surface area (Å²) in [6.07, 6.45) is -0.988. The van der Waals surface area contributed by atoms with Gasteiger partial charge in [-0.1, -0.05) is 41.9 Å². The molecular formula is C22H19ClO6. The van der Waals surface area contributed by atoms with Gasteiger partial charge < -0.3 is 13.9 Å². The van der Waals surface area contributed by atoms with E-state index in [2.05, 4.69) is 4.74 Å². The molecule has 0 aliphatic carbocycles. The lowest BCUT2D eigenvalue weighted by atomic mass is 10.0. The van der Waals surface area contributed by atoms with E-state index in [9.17, 15) is 14.4 Å². The van der Waals surface area contributed by atoms with E-state index in [0.717, 1.165) is 0 Å². The highest BCUT2D eigenvalue weighted by Crippen LogP contribution is 2.33. The van der Waals surface area contributed by atoms with Gasteiger partial charge in [-0.05, 0) is 25.5 Å². The summed E-state index contributed by atoms with van der Waals surface area (Å²) < 4.78 is 15.7. The van der Waals surface area contributed by atoms with Gasteiger partial charge in [0.25, 0.3) is 0 Å². The zero-order valence-corrected chi connectivity index (χ0v) is 16.9. The van der Waals surface area contributed by atoms with Gasteiger partial charge in [0, 0.05) is 17.0 Å². The highest BCUT2D eigenvalue weighted by molar-refractivity contribution is 6.32. The molecular weight excluding hydrogens is 396 g/mol. The summed E-state index contributed by atoms with van der Waals surface area (Å²) in [5.74, 6) is -0.522. The summed E-state index contributed by atoms with van der Waals surface area (Å²) in [6.45, 7) is 3.33. The van der Waals surface area contributed by atoms with E-state index in [4.69, 9.17) is 20.8 Å². The Morgan fingerprint density at radius 3 is 2.52 bits per heavy atom. The first-order valence-corrected chi connectivity index (χ1v) is 9.28. The van der Waals surface area contributed by atoms with Crippen molar-refractivity contribution in [1.29, 1.82) is 0 Å². The number of methoxy groups -OCH3 is 1. The molecule has 7 heteroatoms. The normalized spacial score (nSPS) is 11.9. The maximum Gasteiger partial charge on any atom is 0.340 e. The first-order chi connectivity index (χ1) is 13.8. The average molecular weight is 415 g/mol. The number of carbonyl (C=O) groups excluding carboxylic acids is 2. The molecule has 0 spiro atoms. The number of rotatable bonds is 6. The summed E-state index contributed by atoms with van der Waals surface area (Å²) in [7, 11) is 1.25. The molecule has 0 fully saturated rings. The van der Waals surface area contributed by atoms with Crippen LogP contribution in [-0.2, 0) is 16.0 Å². The zero-order valence-electron chi connectivity index (χ0n) is 16.2. The van der Waals surface area contributed by atoms with Gasteiger partial charge in [-0.2, -0.15) is 0 Å². The molecule has 2 aromatic carbocycles. The molecule has 3 aromatic rings. The Morgan fingerprint density at radius 1 is 1.17 bits per heavy atom. The second-order valence-electron chi connectivity index (χ2n) is 6.52. The highest BCUT2D eigenvalue weighted by Gasteiger charge is 2.20. The van der Waals surface area contributed by atoms with Gasteiger partial charge in [0.05, 0.1) is 24.1 Å². The molecule has 0 amide bonds. The Morgan fingerprint density at radius 2 is 1.86 bits per heavy atom. The first kappa shape index (κ1) is 20.6. The Hall–Kier alpha value is -3.12. The van der Waals surface area contributed by atoms with E-state index >= 15 is 0 Å². The monoisotopic (exact) mass is 414 g/mol. The number of halogens is 1. The Balaban J connectivity index is 1.95. The van der Waals surface area contributed by atoms with Crippen LogP contribution in [0.4, 0.5) is 0 Å². The second-order valence-corrected chi connectivity index (χ2v) is 6.92. The predicted molar refractivity (Wildman–Crippen MR) is 109 cm³/mol. The summed E-state index contributed by atoms with van der Waals surface area (Å²) in [5, 5.41) is 0.828. The molecule has 0 N–H and O–H groups in total. The van der Waals surface area contributed by atoms with E-state index in [0.29, 0.717) is 16.5 Å². The number of hydrogen-bond donors (Lipinski definition) is 0. The van der Waals surface area contributed by atoms with Crippen LogP contribution in [0.25, 0.3) is 11.0 Å². The molecule has 1 heterocycles. The van der Waals surface area contributed by atoms with E-state index in [1.807, 2.05) is 6.07 Å². The van der Waals surface area contributed by atoms with Gasteiger partial charge in [-0.3, -0.25) is 9.59 Å². The summed E-state index contributed by atoms with van der Waals surface area (Å²) in [4.78, 5) is 36.4. The van der Waals surface area contributed by atoms with Crippen LogP contribution in [0.3, 0.4) is 0 Å². The molecule has 6 nitrogen and oxygen atoms in total. The van der Waals surface area contributed by atoms with E-state index in [1.54, 1.807) is 44.2 Å². The lowest BCUT2D eigenvalue weighted by Gasteiger charge is -2.16. The fraction of sp³-hybridized carbons (Fsp3) is 0.227. The topological polar surface area (TPSA) is 82.8 Å². The van der Waals surface area contributed by atoms with Gasteiger partial charge in [-0.15, -0.1) is 0 Å². The van der Waals surface area contributed by atoms with Crippen molar-refractivity contribution in [1.82, 2.24) is 0 Å². The number of aryl methyl sites for hydroxylation is 1. The molecule has 3 rings (SSSR count). The molecule has 1 atom stereocenters. The molecule has 150 valence electrons. The minimum Gasteiger partial charge on any atom is -0.481 e. The molecule has 0 bridgehead atoms. The summed E-state index contributed by atoms with van der Waals surface area (Å²) in [5.41, 5.74) is 0.916. The van der Waals surface area contributed by atoms with Gasteiger partial charge in [0.1, 0.15) is 11.3 Å².